The van der Waals surface area contributed by atoms with Gasteiger partial charge in [0.05, 0.1) is 24.5 Å². The molecule has 0 saturated heterocycles. The molecular formula is C13H18O6S. The van der Waals surface area contributed by atoms with Crippen LogP contribution in [0.4, 0.5) is 0 Å². The van der Waals surface area contributed by atoms with Gasteiger partial charge in [0.2, 0.25) is 0 Å². The largest absolute Gasteiger partial charge is 0.497 e. The standard InChI is InChI=1S/C13H18O6S/c1-10(9-13(14)15)20(16,17)8-7-19-12-5-3-11(18-2)4-6-12/h3-6,10H,7-9H2,1-2H3,(H,14,15). The molecule has 7 heteroatoms. The van der Waals surface area contributed by atoms with Gasteiger partial charge >= 0.3 is 5.97 Å². The van der Waals surface area contributed by atoms with Crippen molar-refractivity contribution in [2.45, 2.75) is 18.6 Å². The van der Waals surface area contributed by atoms with Gasteiger partial charge in [0, 0.05) is 0 Å². The average Bonchev–Trinajstić information content (AvgIpc) is 2.38. The van der Waals surface area contributed by atoms with Gasteiger partial charge in [-0.25, -0.2) is 8.42 Å². The monoisotopic (exact) mass is 302 g/mol. The Kier molecular flexibility index (Phi) is 5.82. The van der Waals surface area contributed by atoms with Crippen LogP contribution in [0.2, 0.25) is 0 Å². The first-order valence-corrected chi connectivity index (χ1v) is 7.77. The van der Waals surface area contributed by atoms with Crippen LogP contribution >= 0.6 is 0 Å². The minimum Gasteiger partial charge on any atom is -0.497 e. The molecule has 1 atom stereocenters. The first kappa shape index (κ1) is 16.3. The lowest BCUT2D eigenvalue weighted by atomic mass is 10.3. The Labute approximate surface area is 118 Å². The van der Waals surface area contributed by atoms with Crippen LogP contribution in [0.25, 0.3) is 0 Å². The lowest BCUT2D eigenvalue weighted by Crippen LogP contribution is -2.26. The van der Waals surface area contributed by atoms with Gasteiger partial charge in [0.25, 0.3) is 0 Å². The van der Waals surface area contributed by atoms with Crippen LogP contribution in [-0.4, -0.2) is 44.2 Å². The third kappa shape index (κ3) is 5.08. The van der Waals surface area contributed by atoms with E-state index in [1.165, 1.54) is 6.92 Å². The fourth-order valence-corrected chi connectivity index (χ4v) is 2.64. The Bertz CT molecular complexity index is 534. The summed E-state index contributed by atoms with van der Waals surface area (Å²) in [6.45, 7) is 1.37. The number of methoxy groups -OCH3 is 1. The summed E-state index contributed by atoms with van der Waals surface area (Å²) >= 11 is 0. The fourth-order valence-electron chi connectivity index (χ4n) is 1.52. The predicted molar refractivity (Wildman–Crippen MR) is 74.0 cm³/mol. The first-order chi connectivity index (χ1) is 9.35. The third-order valence-corrected chi connectivity index (χ3v) is 4.90. The van der Waals surface area contributed by atoms with Gasteiger partial charge < -0.3 is 14.6 Å². The zero-order valence-corrected chi connectivity index (χ0v) is 12.2. The summed E-state index contributed by atoms with van der Waals surface area (Å²) in [5, 5.41) is 7.68. The minimum absolute atomic E-state index is 0.0153. The zero-order chi connectivity index (χ0) is 15.2. The van der Waals surface area contributed by atoms with E-state index in [2.05, 4.69) is 0 Å². The molecule has 1 N–H and O–H groups in total. The molecule has 0 aliphatic heterocycles. The summed E-state index contributed by atoms with van der Waals surface area (Å²) < 4.78 is 33.9. The van der Waals surface area contributed by atoms with Crippen LogP contribution in [-0.2, 0) is 14.6 Å². The van der Waals surface area contributed by atoms with Crippen molar-refractivity contribution in [2.75, 3.05) is 19.5 Å². The smallest absolute Gasteiger partial charge is 0.304 e. The summed E-state index contributed by atoms with van der Waals surface area (Å²) in [7, 11) is -1.92. The second-order valence-electron chi connectivity index (χ2n) is 4.30. The number of ether oxygens (including phenoxy) is 2. The normalized spacial score (nSPS) is 12.7. The van der Waals surface area contributed by atoms with Crippen LogP contribution in [0.5, 0.6) is 11.5 Å². The molecular weight excluding hydrogens is 284 g/mol. The lowest BCUT2D eigenvalue weighted by molar-refractivity contribution is -0.136. The summed E-state index contributed by atoms with van der Waals surface area (Å²) in [4.78, 5) is 10.5. The quantitative estimate of drug-likeness (QED) is 0.779. The maximum atomic E-state index is 11.8. The van der Waals surface area contributed by atoms with Crippen LogP contribution in [0.3, 0.4) is 0 Å². The highest BCUT2D eigenvalue weighted by atomic mass is 32.2. The lowest BCUT2D eigenvalue weighted by Gasteiger charge is -2.11. The molecule has 1 rings (SSSR count). The fraction of sp³-hybridized carbons (Fsp3) is 0.462. The van der Waals surface area contributed by atoms with E-state index >= 15 is 0 Å². The zero-order valence-electron chi connectivity index (χ0n) is 11.4. The molecule has 0 heterocycles. The first-order valence-electron chi connectivity index (χ1n) is 6.05. The molecule has 0 saturated carbocycles. The Hall–Kier alpha value is -1.76. The molecule has 0 aromatic heterocycles. The molecule has 20 heavy (non-hydrogen) atoms. The Morgan fingerprint density at radius 1 is 1.25 bits per heavy atom. The maximum absolute atomic E-state index is 11.8. The molecule has 112 valence electrons. The van der Waals surface area contributed by atoms with Crippen molar-refractivity contribution in [2.24, 2.45) is 0 Å². The van der Waals surface area contributed by atoms with Crippen LogP contribution < -0.4 is 9.47 Å². The van der Waals surface area contributed by atoms with Crippen molar-refractivity contribution >= 4 is 15.8 Å². The van der Waals surface area contributed by atoms with E-state index in [1.54, 1.807) is 31.4 Å². The van der Waals surface area contributed by atoms with Crippen molar-refractivity contribution in [3.8, 4) is 11.5 Å². The molecule has 0 fully saturated rings. The summed E-state index contributed by atoms with van der Waals surface area (Å²) in [5.74, 6) is -0.128. The molecule has 1 aromatic rings. The Morgan fingerprint density at radius 3 is 2.30 bits per heavy atom. The Morgan fingerprint density at radius 2 is 1.80 bits per heavy atom. The number of carboxylic acid groups (broad SMARTS) is 1. The van der Waals surface area contributed by atoms with Gasteiger partial charge in [0.1, 0.15) is 18.1 Å². The molecule has 0 aliphatic rings. The second kappa shape index (κ2) is 7.14. The number of hydrogen-bond donors (Lipinski definition) is 1. The average molecular weight is 302 g/mol. The number of rotatable bonds is 8. The summed E-state index contributed by atoms with van der Waals surface area (Å²) in [6.07, 6.45) is -0.398. The van der Waals surface area contributed by atoms with Crippen LogP contribution in [0, 0.1) is 0 Å². The predicted octanol–water partition coefficient (Wildman–Crippen LogP) is 1.35. The number of benzene rings is 1. The van der Waals surface area contributed by atoms with E-state index in [9.17, 15) is 13.2 Å². The number of hydrogen-bond acceptors (Lipinski definition) is 5. The molecule has 0 bridgehead atoms. The summed E-state index contributed by atoms with van der Waals surface area (Å²) in [5.41, 5.74) is 0. The van der Waals surface area contributed by atoms with Gasteiger partial charge in [-0.3, -0.25) is 4.79 Å². The maximum Gasteiger partial charge on any atom is 0.304 e. The number of carboxylic acids is 1. The van der Waals surface area contributed by atoms with E-state index in [0.717, 1.165) is 0 Å². The van der Waals surface area contributed by atoms with E-state index in [0.29, 0.717) is 11.5 Å². The highest BCUT2D eigenvalue weighted by molar-refractivity contribution is 7.92. The highest BCUT2D eigenvalue weighted by Gasteiger charge is 2.23. The van der Waals surface area contributed by atoms with Crippen molar-refractivity contribution in [3.05, 3.63) is 24.3 Å². The van der Waals surface area contributed by atoms with Crippen LogP contribution in [0.15, 0.2) is 24.3 Å². The van der Waals surface area contributed by atoms with Crippen molar-refractivity contribution in [1.29, 1.82) is 0 Å². The SMILES string of the molecule is COc1ccc(OCCS(=O)(=O)C(C)CC(=O)O)cc1. The van der Waals surface area contributed by atoms with Gasteiger partial charge in [-0.1, -0.05) is 0 Å². The van der Waals surface area contributed by atoms with Crippen molar-refractivity contribution in [1.82, 2.24) is 0 Å². The Balaban J connectivity index is 2.48. The highest BCUT2D eigenvalue weighted by Crippen LogP contribution is 2.17. The minimum atomic E-state index is -3.47. The third-order valence-electron chi connectivity index (χ3n) is 2.77. The second-order valence-corrected chi connectivity index (χ2v) is 6.84. The molecule has 0 spiro atoms. The van der Waals surface area contributed by atoms with Crippen molar-refractivity contribution < 1.29 is 27.8 Å². The number of aliphatic carboxylic acids is 1. The van der Waals surface area contributed by atoms with E-state index < -0.39 is 27.5 Å². The molecule has 1 aromatic carbocycles. The van der Waals surface area contributed by atoms with Gasteiger partial charge in [0.15, 0.2) is 9.84 Å². The van der Waals surface area contributed by atoms with E-state index in [1.807, 2.05) is 0 Å². The molecule has 0 amide bonds. The molecule has 6 nitrogen and oxygen atoms in total. The van der Waals surface area contributed by atoms with Crippen molar-refractivity contribution in [3.63, 3.8) is 0 Å². The molecule has 0 aliphatic carbocycles. The van der Waals surface area contributed by atoms with Gasteiger partial charge in [-0.15, -0.1) is 0 Å². The van der Waals surface area contributed by atoms with Crippen LogP contribution in [0.1, 0.15) is 13.3 Å². The van der Waals surface area contributed by atoms with Gasteiger partial charge in [-0.05, 0) is 31.2 Å². The molecule has 0 radical (unpaired) electrons. The topological polar surface area (TPSA) is 89.9 Å². The number of sulfone groups is 1. The number of carbonyl (C=O) groups is 1. The van der Waals surface area contributed by atoms with E-state index in [4.69, 9.17) is 14.6 Å². The van der Waals surface area contributed by atoms with E-state index in [-0.39, 0.29) is 12.4 Å². The molecule has 1 unspecified atom stereocenters. The van der Waals surface area contributed by atoms with Gasteiger partial charge in [-0.2, -0.15) is 0 Å². The summed E-state index contributed by atoms with van der Waals surface area (Å²) in [6, 6.07) is 6.76.